The quantitative estimate of drug-likeness (QED) is 0.516. The van der Waals surface area contributed by atoms with E-state index in [1.54, 1.807) is 24.3 Å². The summed E-state index contributed by atoms with van der Waals surface area (Å²) in [6.07, 6.45) is 1.29. The lowest BCUT2D eigenvalue weighted by Gasteiger charge is -1.90. The van der Waals surface area contributed by atoms with E-state index >= 15 is 0 Å². The second-order valence-electron chi connectivity index (χ2n) is 2.47. The molecule has 60 valence electrons. The Morgan fingerprint density at radius 2 is 2.08 bits per heavy atom. The van der Waals surface area contributed by atoms with Gasteiger partial charge in [0.05, 0.1) is 11.7 Å². The third-order valence-electron chi connectivity index (χ3n) is 1.77. The van der Waals surface area contributed by atoms with Crippen LogP contribution in [0.1, 0.15) is 0 Å². The van der Waals surface area contributed by atoms with Crippen LogP contribution >= 0.6 is 0 Å². The van der Waals surface area contributed by atoms with Crippen LogP contribution in [0, 0.1) is 4.91 Å². The monoisotopic (exact) mass is 162 g/mol. The zero-order valence-electron chi connectivity index (χ0n) is 6.14. The van der Waals surface area contributed by atoms with E-state index in [2.05, 4.69) is 5.18 Å². The van der Waals surface area contributed by atoms with Crippen LogP contribution in [0.15, 0.2) is 35.6 Å². The van der Waals surface area contributed by atoms with E-state index in [4.69, 9.17) is 0 Å². The number of rotatable bonds is 1. The van der Waals surface area contributed by atoms with E-state index in [9.17, 15) is 10.1 Å². The van der Waals surface area contributed by atoms with E-state index in [1.807, 2.05) is 0 Å². The van der Waals surface area contributed by atoms with Crippen LogP contribution in [-0.4, -0.2) is 9.94 Å². The van der Waals surface area contributed by atoms with Crippen molar-refractivity contribution >= 4 is 16.6 Å². The second kappa shape index (κ2) is 2.34. The maximum absolute atomic E-state index is 10.3. The lowest BCUT2D eigenvalue weighted by molar-refractivity contribution is 0.200. The number of fused-ring (bicyclic) bond motifs is 1. The summed E-state index contributed by atoms with van der Waals surface area (Å²) in [6, 6.07) is 7.02. The van der Waals surface area contributed by atoms with Gasteiger partial charge in [0.2, 0.25) is 0 Å². The van der Waals surface area contributed by atoms with Crippen molar-refractivity contribution in [2.75, 3.05) is 0 Å². The van der Waals surface area contributed by atoms with Gasteiger partial charge in [0.1, 0.15) is 5.69 Å². The topological polar surface area (TPSA) is 54.6 Å². The van der Waals surface area contributed by atoms with Crippen LogP contribution in [-0.2, 0) is 0 Å². The Morgan fingerprint density at radius 1 is 1.33 bits per heavy atom. The van der Waals surface area contributed by atoms with Gasteiger partial charge in [-0.3, -0.25) is 0 Å². The lowest BCUT2D eigenvalue weighted by Crippen LogP contribution is -1.83. The van der Waals surface area contributed by atoms with Crippen molar-refractivity contribution in [3.05, 3.63) is 35.4 Å². The maximum atomic E-state index is 10.3. The van der Waals surface area contributed by atoms with Gasteiger partial charge in [0.15, 0.2) is 0 Å². The second-order valence-corrected chi connectivity index (χ2v) is 2.47. The number of nitrogens with zero attached hydrogens (tertiary/aromatic N) is 2. The van der Waals surface area contributed by atoms with E-state index in [-0.39, 0.29) is 5.69 Å². The highest BCUT2D eigenvalue weighted by molar-refractivity contribution is 5.90. The standard InChI is InChI=1S/C8H6N2O2/c11-9-7-5-10(12)8-4-2-1-3-6(7)8/h1-5,12H. The average molecular weight is 162 g/mol. The normalized spacial score (nSPS) is 10.3. The summed E-state index contributed by atoms with van der Waals surface area (Å²) in [5.74, 6) is 0. The molecule has 0 bridgehead atoms. The van der Waals surface area contributed by atoms with Crippen LogP contribution in [0.3, 0.4) is 0 Å². The molecular weight excluding hydrogens is 156 g/mol. The van der Waals surface area contributed by atoms with Gasteiger partial charge in [0.25, 0.3) is 0 Å². The van der Waals surface area contributed by atoms with E-state index in [0.29, 0.717) is 10.9 Å². The Kier molecular flexibility index (Phi) is 1.33. The molecule has 1 N–H and O–H groups in total. The Morgan fingerprint density at radius 3 is 2.83 bits per heavy atom. The zero-order chi connectivity index (χ0) is 8.55. The summed E-state index contributed by atoms with van der Waals surface area (Å²) in [4.78, 5) is 10.3. The number of hydrogen-bond acceptors (Lipinski definition) is 3. The molecule has 0 radical (unpaired) electrons. The molecular formula is C8H6N2O2. The van der Waals surface area contributed by atoms with E-state index < -0.39 is 0 Å². The van der Waals surface area contributed by atoms with Crippen LogP contribution in [0.5, 0.6) is 0 Å². The summed E-state index contributed by atoms with van der Waals surface area (Å²) < 4.78 is 0.895. The highest BCUT2D eigenvalue weighted by Crippen LogP contribution is 2.26. The van der Waals surface area contributed by atoms with E-state index in [0.717, 1.165) is 4.73 Å². The summed E-state index contributed by atoms with van der Waals surface area (Å²) in [5.41, 5.74) is 0.847. The molecule has 4 nitrogen and oxygen atoms in total. The Balaban J connectivity index is 2.91. The van der Waals surface area contributed by atoms with Gasteiger partial charge < -0.3 is 5.21 Å². The molecule has 0 saturated heterocycles. The molecule has 0 unspecified atom stereocenters. The largest absolute Gasteiger partial charge is 0.428 e. The average Bonchev–Trinajstić information content (AvgIpc) is 2.44. The molecule has 0 spiro atoms. The van der Waals surface area contributed by atoms with Crippen LogP contribution in [0.4, 0.5) is 5.69 Å². The van der Waals surface area contributed by atoms with Crippen molar-refractivity contribution in [1.29, 1.82) is 0 Å². The molecule has 0 fully saturated rings. The number of para-hydroxylation sites is 1. The van der Waals surface area contributed by atoms with Crippen LogP contribution < -0.4 is 0 Å². The minimum Gasteiger partial charge on any atom is -0.428 e. The Labute approximate surface area is 68.0 Å². The SMILES string of the molecule is O=Nc1cn(O)c2ccccc12. The Bertz CT molecular complexity index is 434. The smallest absolute Gasteiger partial charge is 0.137 e. The molecule has 2 aromatic rings. The molecule has 0 aliphatic heterocycles. The summed E-state index contributed by atoms with van der Waals surface area (Å²) in [6.45, 7) is 0. The number of nitroso groups, excluding NO2 is 1. The molecule has 2 rings (SSSR count). The lowest BCUT2D eigenvalue weighted by atomic mass is 10.2. The van der Waals surface area contributed by atoms with Crippen LogP contribution in [0.25, 0.3) is 10.9 Å². The molecule has 1 aromatic heterocycles. The predicted octanol–water partition coefficient (Wildman–Crippen LogP) is 2.28. The number of benzene rings is 1. The first-order valence-electron chi connectivity index (χ1n) is 3.45. The van der Waals surface area contributed by atoms with Gasteiger partial charge in [-0.1, -0.05) is 18.2 Å². The third kappa shape index (κ3) is 0.780. The highest BCUT2D eigenvalue weighted by Gasteiger charge is 2.05. The maximum Gasteiger partial charge on any atom is 0.137 e. The molecule has 12 heavy (non-hydrogen) atoms. The zero-order valence-corrected chi connectivity index (χ0v) is 6.14. The molecule has 1 heterocycles. The molecule has 1 aromatic carbocycles. The molecule has 0 atom stereocenters. The molecule has 0 saturated carbocycles. The van der Waals surface area contributed by atoms with Gasteiger partial charge in [-0.25, -0.2) is 0 Å². The van der Waals surface area contributed by atoms with Crippen molar-refractivity contribution < 1.29 is 5.21 Å². The number of aromatic nitrogens is 1. The van der Waals surface area contributed by atoms with Gasteiger partial charge in [-0.15, -0.1) is 4.91 Å². The fraction of sp³-hybridized carbons (Fsp3) is 0. The molecule has 0 aliphatic carbocycles. The first-order chi connectivity index (χ1) is 5.83. The number of hydrogen-bond donors (Lipinski definition) is 1. The van der Waals surface area contributed by atoms with Crippen molar-refractivity contribution in [2.24, 2.45) is 5.18 Å². The van der Waals surface area contributed by atoms with Gasteiger partial charge in [-0.05, 0) is 11.2 Å². The van der Waals surface area contributed by atoms with Crippen molar-refractivity contribution in [3.63, 3.8) is 0 Å². The van der Waals surface area contributed by atoms with Gasteiger partial charge in [-0.2, -0.15) is 4.73 Å². The summed E-state index contributed by atoms with van der Waals surface area (Å²) in [5, 5.41) is 12.7. The fourth-order valence-corrected chi connectivity index (χ4v) is 1.22. The minimum absolute atomic E-state index is 0.258. The van der Waals surface area contributed by atoms with Gasteiger partial charge in [0, 0.05) is 5.39 Å². The van der Waals surface area contributed by atoms with Crippen molar-refractivity contribution in [2.45, 2.75) is 0 Å². The summed E-state index contributed by atoms with van der Waals surface area (Å²) in [7, 11) is 0. The van der Waals surface area contributed by atoms with E-state index in [1.165, 1.54) is 6.20 Å². The molecule has 0 aliphatic rings. The first kappa shape index (κ1) is 6.84. The van der Waals surface area contributed by atoms with Crippen molar-refractivity contribution in [3.8, 4) is 0 Å². The highest BCUT2D eigenvalue weighted by atomic mass is 16.5. The molecule has 4 heteroatoms. The predicted molar refractivity (Wildman–Crippen MR) is 44.6 cm³/mol. The first-order valence-corrected chi connectivity index (χ1v) is 3.45. The Hall–Kier alpha value is -1.84. The summed E-state index contributed by atoms with van der Waals surface area (Å²) >= 11 is 0. The van der Waals surface area contributed by atoms with Gasteiger partial charge >= 0.3 is 0 Å². The fourth-order valence-electron chi connectivity index (χ4n) is 1.22. The van der Waals surface area contributed by atoms with Crippen LogP contribution in [0.2, 0.25) is 0 Å². The molecule has 0 amide bonds. The minimum atomic E-state index is 0.258. The van der Waals surface area contributed by atoms with Crippen molar-refractivity contribution in [1.82, 2.24) is 4.73 Å². The third-order valence-corrected chi connectivity index (χ3v) is 1.77.